The molecule has 0 spiro atoms. The van der Waals surface area contributed by atoms with E-state index in [1.807, 2.05) is 19.1 Å². The molecule has 4 nitrogen and oxygen atoms in total. The molecule has 0 saturated carbocycles. The number of aliphatic hydroxyl groups is 1. The Morgan fingerprint density at radius 3 is 2.70 bits per heavy atom. The summed E-state index contributed by atoms with van der Waals surface area (Å²) in [5, 5.41) is 12.7. The Balaban J connectivity index is 2.71. The fourth-order valence-corrected chi connectivity index (χ4v) is 2.35. The van der Waals surface area contributed by atoms with Gasteiger partial charge in [0.15, 0.2) is 11.5 Å². The summed E-state index contributed by atoms with van der Waals surface area (Å²) in [6.45, 7) is 5.96. The maximum atomic E-state index is 9.52. The van der Waals surface area contributed by atoms with Crippen LogP contribution in [0.3, 0.4) is 0 Å². The third kappa shape index (κ3) is 5.31. The van der Waals surface area contributed by atoms with E-state index in [4.69, 9.17) is 9.47 Å². The highest BCUT2D eigenvalue weighted by Crippen LogP contribution is 2.36. The number of aliphatic hydroxyl groups excluding tert-OH is 1. The molecular weight excluding hydrogens is 322 g/mol. The summed E-state index contributed by atoms with van der Waals surface area (Å²) in [7, 11) is 1.64. The Hall–Kier alpha value is -0.780. The average molecular weight is 346 g/mol. The summed E-state index contributed by atoms with van der Waals surface area (Å²) in [6, 6.07) is 3.97. The van der Waals surface area contributed by atoms with Crippen molar-refractivity contribution < 1.29 is 14.6 Å². The Bertz CT molecular complexity index is 412. The lowest BCUT2D eigenvalue weighted by atomic mass is 10.2. The third-order valence-corrected chi connectivity index (χ3v) is 3.51. The van der Waals surface area contributed by atoms with Crippen LogP contribution in [0.15, 0.2) is 16.6 Å². The molecule has 0 saturated heterocycles. The van der Waals surface area contributed by atoms with E-state index in [2.05, 4.69) is 28.2 Å². The highest BCUT2D eigenvalue weighted by atomic mass is 79.9. The molecule has 0 aliphatic rings. The van der Waals surface area contributed by atoms with Crippen LogP contribution in [0, 0.1) is 0 Å². The van der Waals surface area contributed by atoms with Crippen molar-refractivity contribution in [1.82, 2.24) is 5.32 Å². The fourth-order valence-electron chi connectivity index (χ4n) is 1.75. The van der Waals surface area contributed by atoms with E-state index in [0.29, 0.717) is 19.7 Å². The molecule has 114 valence electrons. The van der Waals surface area contributed by atoms with E-state index in [1.54, 1.807) is 7.11 Å². The summed E-state index contributed by atoms with van der Waals surface area (Å²) in [4.78, 5) is 0. The van der Waals surface area contributed by atoms with Crippen LogP contribution in [0.25, 0.3) is 0 Å². The Labute approximate surface area is 129 Å². The standard InChI is InChI=1S/C15H24BrNO3/c1-4-6-20-15-13(16)7-11(8-14(15)19-3)9-17-10-12(18)5-2/h7-8,12,17-18H,4-6,9-10H2,1-3H3. The molecule has 0 aliphatic carbocycles. The monoisotopic (exact) mass is 345 g/mol. The van der Waals surface area contributed by atoms with Crippen LogP contribution >= 0.6 is 15.9 Å². The van der Waals surface area contributed by atoms with Crippen molar-refractivity contribution in [2.45, 2.75) is 39.3 Å². The van der Waals surface area contributed by atoms with Crippen LogP contribution in [0.2, 0.25) is 0 Å². The smallest absolute Gasteiger partial charge is 0.175 e. The normalized spacial score (nSPS) is 12.2. The summed E-state index contributed by atoms with van der Waals surface area (Å²) in [5.41, 5.74) is 1.08. The van der Waals surface area contributed by atoms with Crippen molar-refractivity contribution in [2.75, 3.05) is 20.3 Å². The molecule has 0 radical (unpaired) electrons. The predicted octanol–water partition coefficient (Wildman–Crippen LogP) is 3.11. The molecule has 1 atom stereocenters. The number of ether oxygens (including phenoxy) is 2. The van der Waals surface area contributed by atoms with Crippen LogP contribution < -0.4 is 14.8 Å². The number of benzene rings is 1. The average Bonchev–Trinajstić information content (AvgIpc) is 2.45. The number of hydrogen-bond acceptors (Lipinski definition) is 4. The van der Waals surface area contributed by atoms with Crippen molar-refractivity contribution in [3.8, 4) is 11.5 Å². The maximum Gasteiger partial charge on any atom is 0.175 e. The number of halogens is 1. The van der Waals surface area contributed by atoms with Gasteiger partial charge in [-0.3, -0.25) is 0 Å². The SMILES string of the molecule is CCCOc1c(Br)cc(CNCC(O)CC)cc1OC. The zero-order chi connectivity index (χ0) is 15.0. The first-order chi connectivity index (χ1) is 9.62. The number of hydrogen-bond donors (Lipinski definition) is 2. The van der Waals surface area contributed by atoms with E-state index in [0.717, 1.165) is 34.4 Å². The molecule has 0 aliphatic heterocycles. The fraction of sp³-hybridized carbons (Fsp3) is 0.600. The first-order valence-electron chi connectivity index (χ1n) is 7.00. The molecule has 0 bridgehead atoms. The van der Waals surface area contributed by atoms with Gasteiger partial charge in [0.25, 0.3) is 0 Å². The molecule has 20 heavy (non-hydrogen) atoms. The zero-order valence-corrected chi connectivity index (χ0v) is 14.0. The van der Waals surface area contributed by atoms with Crippen LogP contribution in [-0.4, -0.2) is 31.5 Å². The van der Waals surface area contributed by atoms with Gasteiger partial charge >= 0.3 is 0 Å². The molecule has 0 aromatic heterocycles. The number of rotatable bonds is 9. The zero-order valence-electron chi connectivity index (χ0n) is 12.4. The van der Waals surface area contributed by atoms with Gasteiger partial charge in [0.05, 0.1) is 24.3 Å². The second kappa shape index (κ2) is 9.21. The predicted molar refractivity (Wildman–Crippen MR) is 84.5 cm³/mol. The van der Waals surface area contributed by atoms with E-state index < -0.39 is 0 Å². The summed E-state index contributed by atoms with van der Waals surface area (Å²) in [6.07, 6.45) is 1.41. The minimum absolute atomic E-state index is 0.299. The minimum atomic E-state index is -0.299. The van der Waals surface area contributed by atoms with Crippen molar-refractivity contribution in [3.63, 3.8) is 0 Å². The van der Waals surface area contributed by atoms with Crippen LogP contribution in [0.1, 0.15) is 32.3 Å². The molecule has 1 unspecified atom stereocenters. The highest BCUT2D eigenvalue weighted by Gasteiger charge is 2.11. The van der Waals surface area contributed by atoms with Gasteiger partial charge in [0.1, 0.15) is 0 Å². The van der Waals surface area contributed by atoms with Gasteiger partial charge in [-0.1, -0.05) is 13.8 Å². The summed E-state index contributed by atoms with van der Waals surface area (Å²) < 4.78 is 12.0. The Morgan fingerprint density at radius 1 is 1.35 bits per heavy atom. The maximum absolute atomic E-state index is 9.52. The molecule has 1 aromatic rings. The Kier molecular flexibility index (Phi) is 7.95. The molecular formula is C15H24BrNO3. The quantitative estimate of drug-likeness (QED) is 0.721. The molecule has 1 rings (SSSR count). The van der Waals surface area contributed by atoms with E-state index >= 15 is 0 Å². The number of nitrogens with one attached hydrogen (secondary N) is 1. The molecule has 0 fully saturated rings. The molecule has 0 amide bonds. The minimum Gasteiger partial charge on any atom is -0.493 e. The second-order valence-electron chi connectivity index (χ2n) is 4.65. The van der Waals surface area contributed by atoms with Gasteiger partial charge in [-0.25, -0.2) is 0 Å². The van der Waals surface area contributed by atoms with Gasteiger partial charge in [-0.15, -0.1) is 0 Å². The van der Waals surface area contributed by atoms with Crippen molar-refractivity contribution >= 4 is 15.9 Å². The first-order valence-corrected chi connectivity index (χ1v) is 7.79. The van der Waals surface area contributed by atoms with Crippen molar-refractivity contribution in [3.05, 3.63) is 22.2 Å². The lowest BCUT2D eigenvalue weighted by molar-refractivity contribution is 0.167. The summed E-state index contributed by atoms with van der Waals surface area (Å²) >= 11 is 3.52. The van der Waals surface area contributed by atoms with Crippen molar-refractivity contribution in [1.29, 1.82) is 0 Å². The van der Waals surface area contributed by atoms with Gasteiger partial charge in [0.2, 0.25) is 0 Å². The molecule has 1 aromatic carbocycles. The van der Waals surface area contributed by atoms with E-state index in [9.17, 15) is 5.11 Å². The van der Waals surface area contributed by atoms with Crippen LogP contribution in [-0.2, 0) is 6.54 Å². The van der Waals surface area contributed by atoms with Gasteiger partial charge in [0, 0.05) is 13.1 Å². The third-order valence-electron chi connectivity index (χ3n) is 2.92. The second-order valence-corrected chi connectivity index (χ2v) is 5.50. The van der Waals surface area contributed by atoms with E-state index in [1.165, 1.54) is 0 Å². The van der Waals surface area contributed by atoms with Gasteiger partial charge in [-0.2, -0.15) is 0 Å². The number of methoxy groups -OCH3 is 1. The van der Waals surface area contributed by atoms with Crippen LogP contribution in [0.4, 0.5) is 0 Å². The lowest BCUT2D eigenvalue weighted by Gasteiger charge is -2.15. The van der Waals surface area contributed by atoms with E-state index in [-0.39, 0.29) is 6.10 Å². The van der Waals surface area contributed by atoms with Crippen molar-refractivity contribution in [2.24, 2.45) is 0 Å². The van der Waals surface area contributed by atoms with Gasteiger partial charge < -0.3 is 19.9 Å². The summed E-state index contributed by atoms with van der Waals surface area (Å²) in [5.74, 6) is 1.47. The molecule has 0 heterocycles. The Morgan fingerprint density at radius 2 is 2.10 bits per heavy atom. The molecule has 2 N–H and O–H groups in total. The lowest BCUT2D eigenvalue weighted by Crippen LogP contribution is -2.25. The molecule has 5 heteroatoms. The van der Waals surface area contributed by atoms with Gasteiger partial charge in [-0.05, 0) is 46.5 Å². The highest BCUT2D eigenvalue weighted by molar-refractivity contribution is 9.10. The largest absolute Gasteiger partial charge is 0.493 e. The topological polar surface area (TPSA) is 50.7 Å². The van der Waals surface area contributed by atoms with Crippen LogP contribution in [0.5, 0.6) is 11.5 Å². The first kappa shape index (κ1) is 17.3.